The minimum atomic E-state index is -2.96. The molecule has 2 aliphatic rings. The molecule has 0 aromatic heterocycles. The van der Waals surface area contributed by atoms with Crippen LogP contribution in [0.4, 0.5) is 0 Å². The molecule has 0 spiro atoms. The van der Waals surface area contributed by atoms with Crippen molar-refractivity contribution in [2.24, 2.45) is 0 Å². The quantitative estimate of drug-likeness (QED) is 0.670. The highest BCUT2D eigenvalue weighted by Gasteiger charge is 2.36. The lowest BCUT2D eigenvalue weighted by atomic mass is 10.1. The first-order valence-corrected chi connectivity index (χ1v) is 6.45. The van der Waals surface area contributed by atoms with E-state index in [1.807, 2.05) is 0 Å². The van der Waals surface area contributed by atoms with E-state index in [1.54, 1.807) is 0 Å². The van der Waals surface area contributed by atoms with Gasteiger partial charge in [0.1, 0.15) is 0 Å². The molecule has 2 N–H and O–H groups in total. The van der Waals surface area contributed by atoms with Crippen molar-refractivity contribution in [1.82, 2.24) is 10.0 Å². The van der Waals surface area contributed by atoms with Crippen LogP contribution in [0.1, 0.15) is 25.7 Å². The molecule has 0 aromatic carbocycles. The largest absolute Gasteiger partial charge is 0.317 e. The second-order valence-electron chi connectivity index (χ2n) is 3.89. The van der Waals surface area contributed by atoms with Crippen molar-refractivity contribution in [3.63, 3.8) is 0 Å². The van der Waals surface area contributed by atoms with Crippen molar-refractivity contribution in [1.29, 1.82) is 0 Å². The molecule has 2 rings (SSSR count). The highest BCUT2D eigenvalue weighted by atomic mass is 32.2. The van der Waals surface area contributed by atoms with Crippen LogP contribution in [0.2, 0.25) is 0 Å². The van der Waals surface area contributed by atoms with E-state index in [-0.39, 0.29) is 11.3 Å². The Morgan fingerprint density at radius 2 is 1.69 bits per heavy atom. The third-order valence-corrected chi connectivity index (χ3v) is 4.64. The average molecular weight is 204 g/mol. The minimum Gasteiger partial charge on any atom is -0.317 e. The zero-order valence-corrected chi connectivity index (χ0v) is 8.44. The van der Waals surface area contributed by atoms with E-state index >= 15 is 0 Å². The van der Waals surface area contributed by atoms with Crippen LogP contribution < -0.4 is 10.0 Å². The Balaban J connectivity index is 1.88. The molecule has 0 bridgehead atoms. The van der Waals surface area contributed by atoms with Crippen LogP contribution in [0.25, 0.3) is 0 Å². The van der Waals surface area contributed by atoms with Crippen molar-refractivity contribution in [3.8, 4) is 0 Å². The Labute approximate surface area is 79.1 Å². The maximum Gasteiger partial charge on any atom is 0.214 e. The van der Waals surface area contributed by atoms with Gasteiger partial charge in [0.2, 0.25) is 10.0 Å². The van der Waals surface area contributed by atoms with Gasteiger partial charge in [0.15, 0.2) is 0 Å². The average Bonchev–Trinajstić information content (AvgIpc) is 2.87. The fourth-order valence-electron chi connectivity index (χ4n) is 1.65. The topological polar surface area (TPSA) is 58.2 Å². The summed E-state index contributed by atoms with van der Waals surface area (Å²) in [5.74, 6) is 0. The zero-order chi connectivity index (χ0) is 9.31. The first-order chi connectivity index (χ1) is 6.18. The summed E-state index contributed by atoms with van der Waals surface area (Å²) in [5, 5.41) is 3.13. The molecule has 0 radical (unpaired) electrons. The molecular weight excluding hydrogens is 188 g/mol. The van der Waals surface area contributed by atoms with Crippen LogP contribution in [0.15, 0.2) is 0 Å². The minimum absolute atomic E-state index is 0.0811. The second-order valence-corrected chi connectivity index (χ2v) is 5.88. The fourth-order valence-corrected chi connectivity index (χ4v) is 3.30. The van der Waals surface area contributed by atoms with Crippen molar-refractivity contribution in [2.45, 2.75) is 37.0 Å². The summed E-state index contributed by atoms with van der Waals surface area (Å²) >= 11 is 0. The molecular formula is C8H16N2O2S. The van der Waals surface area contributed by atoms with E-state index < -0.39 is 10.0 Å². The third kappa shape index (κ3) is 2.42. The van der Waals surface area contributed by atoms with Crippen LogP contribution in [0, 0.1) is 0 Å². The summed E-state index contributed by atoms with van der Waals surface area (Å²) in [6.45, 7) is 1.86. The van der Waals surface area contributed by atoms with Gasteiger partial charge in [-0.1, -0.05) is 0 Å². The monoisotopic (exact) mass is 204 g/mol. The first kappa shape index (κ1) is 9.43. The lowest BCUT2D eigenvalue weighted by Gasteiger charge is -2.23. The zero-order valence-electron chi connectivity index (χ0n) is 7.62. The van der Waals surface area contributed by atoms with Crippen LogP contribution in [-0.2, 0) is 10.0 Å². The third-order valence-electron chi connectivity index (χ3n) is 2.63. The fraction of sp³-hybridized carbons (Fsp3) is 1.00. The van der Waals surface area contributed by atoms with Gasteiger partial charge in [0, 0.05) is 6.04 Å². The summed E-state index contributed by atoms with van der Waals surface area (Å²) < 4.78 is 25.8. The van der Waals surface area contributed by atoms with Crippen molar-refractivity contribution in [2.75, 3.05) is 13.1 Å². The molecule has 0 unspecified atom stereocenters. The van der Waals surface area contributed by atoms with Gasteiger partial charge < -0.3 is 5.32 Å². The predicted octanol–water partition coefficient (Wildman–Crippen LogP) is -0.180. The summed E-state index contributed by atoms with van der Waals surface area (Å²) in [7, 11) is -2.96. The van der Waals surface area contributed by atoms with Crippen LogP contribution in [0.5, 0.6) is 0 Å². The Morgan fingerprint density at radius 3 is 2.23 bits per heavy atom. The number of hydrogen-bond acceptors (Lipinski definition) is 3. The summed E-state index contributed by atoms with van der Waals surface area (Å²) in [6, 6.07) is 0.173. The number of sulfonamides is 1. The van der Waals surface area contributed by atoms with Gasteiger partial charge in [-0.15, -0.1) is 0 Å². The van der Waals surface area contributed by atoms with Gasteiger partial charge >= 0.3 is 0 Å². The molecule has 2 fully saturated rings. The molecule has 4 nitrogen and oxygen atoms in total. The molecule has 13 heavy (non-hydrogen) atoms. The van der Waals surface area contributed by atoms with E-state index in [1.165, 1.54) is 0 Å². The smallest absolute Gasteiger partial charge is 0.214 e. The van der Waals surface area contributed by atoms with E-state index in [9.17, 15) is 8.42 Å². The molecule has 0 aromatic rings. The number of rotatable bonds is 3. The number of piperidine rings is 1. The van der Waals surface area contributed by atoms with Crippen molar-refractivity contribution >= 4 is 10.0 Å². The van der Waals surface area contributed by atoms with E-state index in [2.05, 4.69) is 10.0 Å². The lowest BCUT2D eigenvalue weighted by molar-refractivity contribution is 0.427. The predicted molar refractivity (Wildman–Crippen MR) is 51.0 cm³/mol. The van der Waals surface area contributed by atoms with Gasteiger partial charge in [-0.3, -0.25) is 0 Å². The highest BCUT2D eigenvalue weighted by molar-refractivity contribution is 7.90. The lowest BCUT2D eigenvalue weighted by Crippen LogP contribution is -2.43. The SMILES string of the molecule is O=S(=O)(NC1CCNCC1)C1CC1. The van der Waals surface area contributed by atoms with Gasteiger partial charge in [-0.2, -0.15) is 0 Å². The molecule has 1 heterocycles. The standard InChI is InChI=1S/C8H16N2O2S/c11-13(12,8-1-2-8)10-7-3-5-9-6-4-7/h7-10H,1-6H2. The molecule has 5 heteroatoms. The molecule has 1 saturated carbocycles. The van der Waals surface area contributed by atoms with E-state index in [4.69, 9.17) is 0 Å². The molecule has 76 valence electrons. The van der Waals surface area contributed by atoms with Gasteiger partial charge in [0.05, 0.1) is 5.25 Å². The Kier molecular flexibility index (Phi) is 2.58. The van der Waals surface area contributed by atoms with Crippen LogP contribution in [0.3, 0.4) is 0 Å². The molecule has 1 saturated heterocycles. The molecule has 0 atom stereocenters. The summed E-state index contributed by atoms with van der Waals surface area (Å²) in [5.41, 5.74) is 0. The Bertz CT molecular complexity index is 266. The Hall–Kier alpha value is -0.130. The van der Waals surface area contributed by atoms with E-state index in [0.29, 0.717) is 0 Å². The van der Waals surface area contributed by atoms with E-state index in [0.717, 1.165) is 38.8 Å². The van der Waals surface area contributed by atoms with Crippen LogP contribution >= 0.6 is 0 Å². The van der Waals surface area contributed by atoms with Crippen molar-refractivity contribution in [3.05, 3.63) is 0 Å². The highest BCUT2D eigenvalue weighted by Crippen LogP contribution is 2.28. The number of nitrogens with one attached hydrogen (secondary N) is 2. The second kappa shape index (κ2) is 3.55. The molecule has 1 aliphatic carbocycles. The summed E-state index contributed by atoms with van der Waals surface area (Å²) in [4.78, 5) is 0. The first-order valence-electron chi connectivity index (χ1n) is 4.90. The maximum atomic E-state index is 11.5. The van der Waals surface area contributed by atoms with Gasteiger partial charge in [-0.25, -0.2) is 13.1 Å². The maximum absolute atomic E-state index is 11.5. The normalized spacial score (nSPS) is 26.2. The Morgan fingerprint density at radius 1 is 1.08 bits per heavy atom. The number of hydrogen-bond donors (Lipinski definition) is 2. The molecule has 1 aliphatic heterocycles. The van der Waals surface area contributed by atoms with Crippen molar-refractivity contribution < 1.29 is 8.42 Å². The summed E-state index contributed by atoms with van der Waals surface area (Å²) in [6.07, 6.45) is 3.54. The molecule has 0 amide bonds. The van der Waals surface area contributed by atoms with Crippen LogP contribution in [-0.4, -0.2) is 32.8 Å². The van der Waals surface area contributed by atoms with Gasteiger partial charge in [-0.05, 0) is 38.8 Å². The van der Waals surface area contributed by atoms with Gasteiger partial charge in [0.25, 0.3) is 0 Å².